The largest absolute Gasteiger partial charge is 0.497 e. The van der Waals surface area contributed by atoms with Crippen LogP contribution in [0.2, 0.25) is 0 Å². The molecule has 1 aromatic heterocycles. The van der Waals surface area contributed by atoms with Crippen molar-refractivity contribution < 1.29 is 9.47 Å². The van der Waals surface area contributed by atoms with Crippen molar-refractivity contribution in [2.75, 3.05) is 24.9 Å². The Balaban J connectivity index is 1.62. The first-order valence-electron chi connectivity index (χ1n) is 8.88. The first-order valence-corrected chi connectivity index (χ1v) is 9.29. The van der Waals surface area contributed by atoms with Crippen LogP contribution >= 0.6 is 12.2 Å². The van der Waals surface area contributed by atoms with Crippen LogP contribution in [-0.4, -0.2) is 29.1 Å². The van der Waals surface area contributed by atoms with E-state index >= 15 is 0 Å². The number of nitrogens with one attached hydrogen (secondary N) is 2. The Bertz CT molecular complexity index is 967. The van der Waals surface area contributed by atoms with Crippen LogP contribution in [0.15, 0.2) is 48.5 Å². The van der Waals surface area contributed by atoms with Crippen molar-refractivity contribution in [3.8, 4) is 11.5 Å². The highest BCUT2D eigenvalue weighted by molar-refractivity contribution is 7.80. The summed E-state index contributed by atoms with van der Waals surface area (Å²) in [6.45, 7) is 4.81. The number of methoxy groups -OCH3 is 2. The normalized spacial score (nSPS) is 10.4. The summed E-state index contributed by atoms with van der Waals surface area (Å²) in [5.41, 5.74) is 5.02. The van der Waals surface area contributed by atoms with Gasteiger partial charge in [0, 0.05) is 17.4 Å². The molecule has 0 fully saturated rings. The lowest BCUT2D eigenvalue weighted by molar-refractivity contribution is 0.395. The van der Waals surface area contributed by atoms with E-state index in [2.05, 4.69) is 40.9 Å². The summed E-state index contributed by atoms with van der Waals surface area (Å²) in [6.07, 6.45) is 0. The predicted molar refractivity (Wildman–Crippen MR) is 117 cm³/mol. The van der Waals surface area contributed by atoms with Crippen molar-refractivity contribution in [2.24, 2.45) is 0 Å². The molecular formula is C21H24N4O2S. The molecule has 3 rings (SSSR count). The van der Waals surface area contributed by atoms with Gasteiger partial charge in [-0.25, -0.2) is 0 Å². The third-order valence-electron chi connectivity index (χ3n) is 4.30. The average Bonchev–Trinajstić information content (AvgIpc) is 3.00. The van der Waals surface area contributed by atoms with Crippen LogP contribution < -0.4 is 20.1 Å². The number of ether oxygens (including phenoxy) is 2. The Morgan fingerprint density at radius 1 is 1.00 bits per heavy atom. The zero-order valence-corrected chi connectivity index (χ0v) is 17.3. The summed E-state index contributed by atoms with van der Waals surface area (Å²) in [5.74, 6) is 1.38. The molecule has 6 nitrogen and oxygen atoms in total. The second-order valence-corrected chi connectivity index (χ2v) is 6.84. The molecule has 0 unspecified atom stereocenters. The summed E-state index contributed by atoms with van der Waals surface area (Å²) in [7, 11) is 3.23. The molecule has 0 saturated carbocycles. The van der Waals surface area contributed by atoms with Crippen molar-refractivity contribution in [1.29, 1.82) is 0 Å². The second-order valence-electron chi connectivity index (χ2n) is 6.43. The number of rotatable bonds is 6. The fourth-order valence-corrected chi connectivity index (χ4v) is 3.12. The molecule has 3 aromatic rings. The maximum Gasteiger partial charge on any atom is 0.175 e. The molecule has 28 heavy (non-hydrogen) atoms. The van der Waals surface area contributed by atoms with Gasteiger partial charge in [-0.05, 0) is 62.0 Å². The molecule has 0 spiro atoms. The van der Waals surface area contributed by atoms with E-state index in [4.69, 9.17) is 21.7 Å². The first-order chi connectivity index (χ1) is 13.5. The van der Waals surface area contributed by atoms with Crippen LogP contribution in [0.3, 0.4) is 0 Å². The van der Waals surface area contributed by atoms with E-state index < -0.39 is 0 Å². The Labute approximate surface area is 170 Å². The van der Waals surface area contributed by atoms with Gasteiger partial charge in [0.1, 0.15) is 11.5 Å². The zero-order chi connectivity index (χ0) is 20.1. The quantitative estimate of drug-likeness (QED) is 0.603. The van der Waals surface area contributed by atoms with E-state index in [0.717, 1.165) is 35.1 Å². The molecule has 0 amide bonds. The van der Waals surface area contributed by atoms with Crippen molar-refractivity contribution in [2.45, 2.75) is 20.4 Å². The molecule has 146 valence electrons. The maximum atomic E-state index is 5.42. The van der Waals surface area contributed by atoms with Crippen molar-refractivity contribution >= 4 is 28.7 Å². The molecule has 1 heterocycles. The molecule has 0 aliphatic rings. The van der Waals surface area contributed by atoms with E-state index in [1.807, 2.05) is 35.9 Å². The second kappa shape index (κ2) is 8.75. The summed E-state index contributed by atoms with van der Waals surface area (Å²) in [6, 6.07) is 15.7. The van der Waals surface area contributed by atoms with Gasteiger partial charge in [-0.1, -0.05) is 12.1 Å². The van der Waals surface area contributed by atoms with Crippen LogP contribution in [0.5, 0.6) is 11.5 Å². The summed E-state index contributed by atoms with van der Waals surface area (Å²) < 4.78 is 12.6. The molecule has 0 aliphatic heterocycles. The monoisotopic (exact) mass is 396 g/mol. The van der Waals surface area contributed by atoms with Crippen molar-refractivity contribution in [3.05, 3.63) is 65.5 Å². The Morgan fingerprint density at radius 3 is 2.36 bits per heavy atom. The van der Waals surface area contributed by atoms with Gasteiger partial charge in [0.05, 0.1) is 32.1 Å². The topological polar surface area (TPSA) is 60.3 Å². The molecule has 0 radical (unpaired) electrons. The van der Waals surface area contributed by atoms with Crippen LogP contribution in [0, 0.1) is 13.8 Å². The van der Waals surface area contributed by atoms with Crippen LogP contribution in [0.1, 0.15) is 17.0 Å². The van der Waals surface area contributed by atoms with Gasteiger partial charge >= 0.3 is 0 Å². The molecule has 0 aliphatic carbocycles. The fourth-order valence-electron chi connectivity index (χ4n) is 2.89. The summed E-state index contributed by atoms with van der Waals surface area (Å²) >= 11 is 5.42. The van der Waals surface area contributed by atoms with E-state index in [-0.39, 0.29) is 0 Å². The van der Waals surface area contributed by atoms with Gasteiger partial charge in [0.25, 0.3) is 0 Å². The smallest absolute Gasteiger partial charge is 0.175 e. The number of anilines is 2. The zero-order valence-electron chi connectivity index (χ0n) is 16.4. The van der Waals surface area contributed by atoms with E-state index in [9.17, 15) is 0 Å². The lowest BCUT2D eigenvalue weighted by Crippen LogP contribution is -2.19. The Kier molecular flexibility index (Phi) is 6.16. The third kappa shape index (κ3) is 4.80. The molecule has 2 aromatic carbocycles. The Morgan fingerprint density at radius 2 is 1.75 bits per heavy atom. The van der Waals surface area contributed by atoms with Crippen LogP contribution in [0.25, 0.3) is 0 Å². The number of aryl methyl sites for hydroxylation is 2. The van der Waals surface area contributed by atoms with Crippen molar-refractivity contribution in [1.82, 2.24) is 9.78 Å². The SMILES string of the molecule is COc1ccc(NC(=S)Nc2ccc(Cn3nc(C)cc3C)cc2)c(OC)c1. The van der Waals surface area contributed by atoms with Crippen molar-refractivity contribution in [3.63, 3.8) is 0 Å². The average molecular weight is 397 g/mol. The van der Waals surface area contributed by atoms with Crippen LogP contribution in [-0.2, 0) is 6.54 Å². The number of aromatic nitrogens is 2. The highest BCUT2D eigenvalue weighted by atomic mass is 32.1. The lowest BCUT2D eigenvalue weighted by atomic mass is 10.2. The number of hydrogen-bond donors (Lipinski definition) is 2. The third-order valence-corrected chi connectivity index (χ3v) is 4.51. The number of nitrogens with zero attached hydrogens (tertiary/aromatic N) is 2. The first kappa shape index (κ1) is 19.7. The van der Waals surface area contributed by atoms with E-state index in [1.54, 1.807) is 20.3 Å². The summed E-state index contributed by atoms with van der Waals surface area (Å²) in [4.78, 5) is 0. The summed E-state index contributed by atoms with van der Waals surface area (Å²) in [5, 5.41) is 11.3. The standard InChI is InChI=1S/C21H24N4O2S/c1-14-11-15(2)25(24-14)13-16-5-7-17(8-6-16)22-21(28)23-19-10-9-18(26-3)12-20(19)27-4/h5-12H,13H2,1-4H3,(H2,22,23,28). The minimum Gasteiger partial charge on any atom is -0.497 e. The van der Waals surface area contributed by atoms with Gasteiger partial charge < -0.3 is 20.1 Å². The molecular weight excluding hydrogens is 372 g/mol. The van der Waals surface area contributed by atoms with E-state index in [1.165, 1.54) is 5.56 Å². The number of hydrogen-bond acceptors (Lipinski definition) is 4. The molecule has 7 heteroatoms. The fraction of sp³-hybridized carbons (Fsp3) is 0.238. The Hall–Kier alpha value is -3.06. The molecule has 0 bridgehead atoms. The minimum absolute atomic E-state index is 0.481. The maximum absolute atomic E-state index is 5.42. The van der Waals surface area contributed by atoms with Gasteiger partial charge in [-0.15, -0.1) is 0 Å². The molecule has 0 saturated heterocycles. The lowest BCUT2D eigenvalue weighted by Gasteiger charge is -2.14. The van der Waals surface area contributed by atoms with Crippen LogP contribution in [0.4, 0.5) is 11.4 Å². The highest BCUT2D eigenvalue weighted by Crippen LogP contribution is 2.29. The molecule has 0 atom stereocenters. The minimum atomic E-state index is 0.481. The highest BCUT2D eigenvalue weighted by Gasteiger charge is 2.07. The van der Waals surface area contributed by atoms with Gasteiger partial charge in [0.2, 0.25) is 0 Å². The van der Waals surface area contributed by atoms with Gasteiger partial charge in [-0.2, -0.15) is 5.10 Å². The van der Waals surface area contributed by atoms with E-state index in [0.29, 0.717) is 10.9 Å². The van der Waals surface area contributed by atoms with Gasteiger partial charge in [-0.3, -0.25) is 4.68 Å². The van der Waals surface area contributed by atoms with Gasteiger partial charge in [0.15, 0.2) is 5.11 Å². The number of thiocarbonyl (C=S) groups is 1. The predicted octanol–water partition coefficient (Wildman–Crippen LogP) is 4.37. The molecule has 2 N–H and O–H groups in total. The number of benzene rings is 2.